The number of fused-ring (bicyclic) bond motifs is 1. The van der Waals surface area contributed by atoms with E-state index in [1.54, 1.807) is 17.0 Å². The summed E-state index contributed by atoms with van der Waals surface area (Å²) >= 11 is 1.30. The molecule has 8 heteroatoms. The molecule has 2 aromatic carbocycles. The molecule has 1 saturated heterocycles. The Morgan fingerprint density at radius 3 is 2.89 bits per heavy atom. The molecule has 0 spiro atoms. The van der Waals surface area contributed by atoms with E-state index < -0.39 is 0 Å². The van der Waals surface area contributed by atoms with Crippen LogP contribution in [0.25, 0.3) is 0 Å². The number of benzene rings is 2. The highest BCUT2D eigenvalue weighted by Gasteiger charge is 2.29. The SMILES string of the molecule is Cc1ccccc1C(=O)NN=C1SCC(=O)N1Cc1ccc2c(c1)OCO2. The Hall–Kier alpha value is -3.00. The summed E-state index contributed by atoms with van der Waals surface area (Å²) in [5.41, 5.74) is 4.86. The van der Waals surface area contributed by atoms with E-state index in [1.807, 2.05) is 37.3 Å². The number of nitrogens with one attached hydrogen (secondary N) is 1. The third-order valence-corrected chi connectivity index (χ3v) is 5.24. The number of hydrogen-bond acceptors (Lipinski definition) is 6. The van der Waals surface area contributed by atoms with Crippen LogP contribution in [0, 0.1) is 6.92 Å². The summed E-state index contributed by atoms with van der Waals surface area (Å²) in [4.78, 5) is 26.1. The van der Waals surface area contributed by atoms with E-state index >= 15 is 0 Å². The maximum Gasteiger partial charge on any atom is 0.271 e. The lowest BCUT2D eigenvalue weighted by molar-refractivity contribution is -0.124. The van der Waals surface area contributed by atoms with Crippen molar-refractivity contribution in [2.24, 2.45) is 5.10 Å². The van der Waals surface area contributed by atoms with Gasteiger partial charge >= 0.3 is 0 Å². The minimum Gasteiger partial charge on any atom is -0.454 e. The van der Waals surface area contributed by atoms with Crippen LogP contribution in [0.5, 0.6) is 11.5 Å². The molecule has 2 aliphatic heterocycles. The number of carbonyl (C=O) groups excluding carboxylic acids is 2. The Balaban J connectivity index is 1.49. The van der Waals surface area contributed by atoms with Crippen molar-refractivity contribution in [1.29, 1.82) is 0 Å². The Bertz CT molecular complexity index is 944. The Labute approximate surface area is 160 Å². The Kier molecular flexibility index (Phi) is 4.72. The van der Waals surface area contributed by atoms with Crippen molar-refractivity contribution < 1.29 is 19.1 Å². The molecule has 2 aromatic rings. The topological polar surface area (TPSA) is 80.2 Å². The first-order valence-electron chi connectivity index (χ1n) is 8.37. The van der Waals surface area contributed by atoms with Gasteiger partial charge in [-0.15, -0.1) is 5.10 Å². The number of aryl methyl sites for hydroxylation is 1. The van der Waals surface area contributed by atoms with Crippen molar-refractivity contribution in [3.8, 4) is 11.5 Å². The quantitative estimate of drug-likeness (QED) is 0.821. The molecule has 4 rings (SSSR count). The number of hydrazone groups is 1. The minimum atomic E-state index is -0.302. The van der Waals surface area contributed by atoms with Crippen LogP contribution in [0.3, 0.4) is 0 Å². The Morgan fingerprint density at radius 2 is 2.04 bits per heavy atom. The number of hydrogen-bond donors (Lipinski definition) is 1. The fourth-order valence-electron chi connectivity index (χ4n) is 2.85. The van der Waals surface area contributed by atoms with Crippen molar-refractivity contribution in [2.75, 3.05) is 12.5 Å². The van der Waals surface area contributed by atoms with E-state index in [1.165, 1.54) is 11.8 Å². The zero-order valence-electron chi connectivity index (χ0n) is 14.6. The van der Waals surface area contributed by atoms with Crippen LogP contribution in [-0.2, 0) is 11.3 Å². The molecule has 1 N–H and O–H groups in total. The number of rotatable bonds is 4. The third kappa shape index (κ3) is 3.61. The van der Waals surface area contributed by atoms with Crippen LogP contribution in [0.2, 0.25) is 0 Å². The predicted molar refractivity (Wildman–Crippen MR) is 102 cm³/mol. The second-order valence-corrected chi connectivity index (χ2v) is 7.05. The van der Waals surface area contributed by atoms with Crippen molar-refractivity contribution >= 4 is 28.7 Å². The number of carbonyl (C=O) groups is 2. The largest absolute Gasteiger partial charge is 0.454 e. The van der Waals surface area contributed by atoms with Crippen molar-refractivity contribution in [3.05, 3.63) is 59.2 Å². The van der Waals surface area contributed by atoms with E-state index in [4.69, 9.17) is 9.47 Å². The van der Waals surface area contributed by atoms with E-state index in [2.05, 4.69) is 10.5 Å². The number of ether oxygens (including phenoxy) is 2. The van der Waals surface area contributed by atoms with Gasteiger partial charge in [0.1, 0.15) is 0 Å². The highest BCUT2D eigenvalue weighted by Crippen LogP contribution is 2.33. The molecule has 1 fully saturated rings. The first-order chi connectivity index (χ1) is 13.1. The molecule has 0 bridgehead atoms. The summed E-state index contributed by atoms with van der Waals surface area (Å²) in [7, 11) is 0. The lowest BCUT2D eigenvalue weighted by Gasteiger charge is -2.16. The van der Waals surface area contributed by atoms with Crippen LogP contribution in [0.4, 0.5) is 0 Å². The van der Waals surface area contributed by atoms with Gasteiger partial charge in [-0.3, -0.25) is 14.5 Å². The number of amidine groups is 1. The molecule has 0 radical (unpaired) electrons. The Morgan fingerprint density at radius 1 is 1.22 bits per heavy atom. The summed E-state index contributed by atoms with van der Waals surface area (Å²) in [5.74, 6) is 1.30. The van der Waals surface area contributed by atoms with Gasteiger partial charge in [-0.25, -0.2) is 5.43 Å². The van der Waals surface area contributed by atoms with Crippen LogP contribution >= 0.6 is 11.8 Å². The van der Waals surface area contributed by atoms with Gasteiger partial charge < -0.3 is 9.47 Å². The zero-order valence-corrected chi connectivity index (χ0v) is 15.4. The van der Waals surface area contributed by atoms with Crippen LogP contribution in [0.15, 0.2) is 47.6 Å². The lowest BCUT2D eigenvalue weighted by atomic mass is 10.1. The average molecular weight is 383 g/mol. The number of nitrogens with zero attached hydrogens (tertiary/aromatic N) is 2. The second kappa shape index (κ2) is 7.32. The summed E-state index contributed by atoms with van der Waals surface area (Å²) in [6.45, 7) is 2.41. The first-order valence-corrected chi connectivity index (χ1v) is 9.36. The molecular weight excluding hydrogens is 366 g/mol. The van der Waals surface area contributed by atoms with Gasteiger partial charge in [0.25, 0.3) is 5.91 Å². The van der Waals surface area contributed by atoms with Crippen molar-refractivity contribution in [2.45, 2.75) is 13.5 Å². The molecule has 2 aliphatic rings. The van der Waals surface area contributed by atoms with Gasteiger partial charge in [0.05, 0.1) is 12.3 Å². The second-order valence-electron chi connectivity index (χ2n) is 6.11. The molecule has 0 aliphatic carbocycles. The average Bonchev–Trinajstić information content (AvgIpc) is 3.27. The third-order valence-electron chi connectivity index (χ3n) is 4.28. The highest BCUT2D eigenvalue weighted by molar-refractivity contribution is 8.15. The zero-order chi connectivity index (χ0) is 18.8. The van der Waals surface area contributed by atoms with Gasteiger partial charge in [0, 0.05) is 5.56 Å². The minimum absolute atomic E-state index is 0.0541. The molecule has 7 nitrogen and oxygen atoms in total. The summed E-state index contributed by atoms with van der Waals surface area (Å²) in [5, 5.41) is 4.64. The van der Waals surface area contributed by atoms with Crippen molar-refractivity contribution in [1.82, 2.24) is 10.3 Å². The maximum absolute atomic E-state index is 12.3. The monoisotopic (exact) mass is 383 g/mol. The van der Waals surface area contributed by atoms with Crippen LogP contribution in [0.1, 0.15) is 21.5 Å². The van der Waals surface area contributed by atoms with Gasteiger partial charge in [-0.05, 0) is 36.2 Å². The molecule has 0 saturated carbocycles. The van der Waals surface area contributed by atoms with E-state index in [0.29, 0.717) is 34.5 Å². The van der Waals surface area contributed by atoms with Crippen LogP contribution in [-0.4, -0.2) is 34.4 Å². The highest BCUT2D eigenvalue weighted by atomic mass is 32.2. The molecule has 0 unspecified atom stereocenters. The molecule has 2 amide bonds. The fraction of sp³-hybridized carbons (Fsp3) is 0.211. The predicted octanol–water partition coefficient (Wildman–Crippen LogP) is 2.50. The lowest BCUT2D eigenvalue weighted by Crippen LogP contribution is -2.31. The van der Waals surface area contributed by atoms with Gasteiger partial charge in [-0.2, -0.15) is 0 Å². The smallest absolute Gasteiger partial charge is 0.271 e. The van der Waals surface area contributed by atoms with Gasteiger partial charge in [0.2, 0.25) is 12.7 Å². The van der Waals surface area contributed by atoms with E-state index in [0.717, 1.165) is 11.1 Å². The van der Waals surface area contributed by atoms with E-state index in [9.17, 15) is 9.59 Å². The number of thioether (sulfide) groups is 1. The molecule has 27 heavy (non-hydrogen) atoms. The summed E-state index contributed by atoms with van der Waals surface area (Å²) in [6.07, 6.45) is 0. The van der Waals surface area contributed by atoms with Gasteiger partial charge in [0.15, 0.2) is 16.7 Å². The maximum atomic E-state index is 12.3. The first kappa shape index (κ1) is 17.4. The molecule has 0 atom stereocenters. The van der Waals surface area contributed by atoms with Crippen molar-refractivity contribution in [3.63, 3.8) is 0 Å². The summed E-state index contributed by atoms with van der Waals surface area (Å²) < 4.78 is 10.7. The molecule has 0 aromatic heterocycles. The standard InChI is InChI=1S/C19H17N3O4S/c1-12-4-2-3-5-14(12)18(24)20-21-19-22(17(23)10-27-19)9-13-6-7-15-16(8-13)26-11-25-15/h2-8H,9-11H2,1H3,(H,20,24). The molecular formula is C19H17N3O4S. The number of amides is 2. The van der Waals surface area contributed by atoms with Gasteiger partial charge in [-0.1, -0.05) is 36.0 Å². The van der Waals surface area contributed by atoms with Crippen LogP contribution < -0.4 is 14.9 Å². The summed E-state index contributed by atoms with van der Waals surface area (Å²) in [6, 6.07) is 12.8. The molecule has 2 heterocycles. The molecule has 138 valence electrons. The normalized spacial score (nSPS) is 16.9. The van der Waals surface area contributed by atoms with E-state index in [-0.39, 0.29) is 18.6 Å². The fourth-order valence-corrected chi connectivity index (χ4v) is 3.69.